The van der Waals surface area contributed by atoms with Crippen molar-refractivity contribution in [1.29, 1.82) is 0 Å². The highest BCUT2D eigenvalue weighted by molar-refractivity contribution is 5.57. The minimum absolute atomic E-state index is 0.348. The Kier molecular flexibility index (Phi) is 3.41. The van der Waals surface area contributed by atoms with Gasteiger partial charge in [-0.15, -0.1) is 0 Å². The Morgan fingerprint density at radius 1 is 1.19 bits per heavy atom. The second-order valence-electron chi connectivity index (χ2n) is 5.06. The van der Waals surface area contributed by atoms with Crippen molar-refractivity contribution in [2.24, 2.45) is 0 Å². The molecule has 1 aromatic heterocycles. The predicted molar refractivity (Wildman–Crippen MR) is 72.6 cm³/mol. The van der Waals surface area contributed by atoms with Crippen LogP contribution >= 0.6 is 0 Å². The fourth-order valence-corrected chi connectivity index (χ4v) is 2.51. The molecule has 0 saturated heterocycles. The zero-order chi connectivity index (χ0) is 15.0. The second kappa shape index (κ2) is 5.11. The highest BCUT2D eigenvalue weighted by Crippen LogP contribution is 2.31. The molecule has 0 unspecified atom stereocenters. The molecule has 1 aliphatic heterocycles. The van der Waals surface area contributed by atoms with Gasteiger partial charge in [-0.1, -0.05) is 12.1 Å². The number of rotatable bonds is 1. The first-order valence-electron chi connectivity index (χ1n) is 6.70. The fourth-order valence-electron chi connectivity index (χ4n) is 2.51. The highest BCUT2D eigenvalue weighted by Gasteiger charge is 2.30. The molecule has 0 radical (unpaired) electrons. The molecule has 0 fully saturated rings. The molecule has 1 aliphatic rings. The van der Waals surface area contributed by atoms with Crippen molar-refractivity contribution < 1.29 is 13.2 Å². The number of halogens is 3. The van der Waals surface area contributed by atoms with Crippen LogP contribution in [-0.4, -0.2) is 16.5 Å². The number of benzene rings is 1. The quantitative estimate of drug-likeness (QED) is 0.878. The summed E-state index contributed by atoms with van der Waals surface area (Å²) in [5.74, 6) is 0.348. The van der Waals surface area contributed by atoms with Crippen molar-refractivity contribution in [1.82, 2.24) is 15.3 Å². The van der Waals surface area contributed by atoms with E-state index in [9.17, 15) is 13.2 Å². The number of aryl methyl sites for hydroxylation is 1. The summed E-state index contributed by atoms with van der Waals surface area (Å²) in [5, 5.41) is 3.21. The van der Waals surface area contributed by atoms with Gasteiger partial charge in [-0.2, -0.15) is 13.2 Å². The first-order valence-corrected chi connectivity index (χ1v) is 6.70. The predicted octanol–water partition coefficient (Wildman–Crippen LogP) is 3.12. The van der Waals surface area contributed by atoms with Crippen molar-refractivity contribution >= 4 is 0 Å². The Labute approximate surface area is 120 Å². The average molecular weight is 293 g/mol. The van der Waals surface area contributed by atoms with Crippen LogP contribution in [0, 0.1) is 6.92 Å². The van der Waals surface area contributed by atoms with Crippen LogP contribution in [0.25, 0.3) is 11.4 Å². The van der Waals surface area contributed by atoms with Crippen LogP contribution < -0.4 is 5.32 Å². The van der Waals surface area contributed by atoms with Gasteiger partial charge in [0.1, 0.15) is 0 Å². The van der Waals surface area contributed by atoms with E-state index in [0.717, 1.165) is 42.0 Å². The summed E-state index contributed by atoms with van der Waals surface area (Å²) in [4.78, 5) is 8.80. The van der Waals surface area contributed by atoms with Gasteiger partial charge in [0.15, 0.2) is 5.82 Å². The van der Waals surface area contributed by atoms with E-state index < -0.39 is 11.7 Å². The molecule has 1 N–H and O–H groups in total. The lowest BCUT2D eigenvalue weighted by Gasteiger charge is -2.18. The number of fused-ring (bicyclic) bond motifs is 1. The number of hydrogen-bond acceptors (Lipinski definition) is 3. The smallest absolute Gasteiger partial charge is 0.311 e. The van der Waals surface area contributed by atoms with Crippen LogP contribution in [-0.2, 0) is 19.1 Å². The minimum Gasteiger partial charge on any atom is -0.311 e. The van der Waals surface area contributed by atoms with Gasteiger partial charge in [0.05, 0.1) is 11.3 Å². The zero-order valence-corrected chi connectivity index (χ0v) is 11.5. The molecular formula is C15H14F3N3. The SMILES string of the molecule is Cc1nc(-c2cccc(C(F)(F)F)c2)nc2c1CCNC2. The normalized spacial score (nSPS) is 14.9. The van der Waals surface area contributed by atoms with Crippen LogP contribution in [0.2, 0.25) is 0 Å². The van der Waals surface area contributed by atoms with Gasteiger partial charge in [0.2, 0.25) is 0 Å². The van der Waals surface area contributed by atoms with Crippen molar-refractivity contribution in [2.45, 2.75) is 26.1 Å². The summed E-state index contributed by atoms with van der Waals surface area (Å²) in [6, 6.07) is 5.13. The van der Waals surface area contributed by atoms with Gasteiger partial charge in [-0.05, 0) is 37.6 Å². The van der Waals surface area contributed by atoms with Gasteiger partial charge in [0.25, 0.3) is 0 Å². The van der Waals surface area contributed by atoms with Gasteiger partial charge in [-0.3, -0.25) is 0 Å². The lowest BCUT2D eigenvalue weighted by molar-refractivity contribution is -0.137. The molecule has 21 heavy (non-hydrogen) atoms. The van der Waals surface area contributed by atoms with Gasteiger partial charge < -0.3 is 5.32 Å². The largest absolute Gasteiger partial charge is 0.416 e. The number of aromatic nitrogens is 2. The maximum Gasteiger partial charge on any atom is 0.416 e. The molecule has 110 valence electrons. The number of hydrogen-bond donors (Lipinski definition) is 1. The molecule has 0 saturated carbocycles. The molecule has 0 bridgehead atoms. The number of nitrogens with zero attached hydrogens (tertiary/aromatic N) is 2. The molecular weight excluding hydrogens is 279 g/mol. The fraction of sp³-hybridized carbons (Fsp3) is 0.333. The maximum atomic E-state index is 12.8. The Morgan fingerprint density at radius 2 is 2.00 bits per heavy atom. The molecule has 2 heterocycles. The number of alkyl halides is 3. The van der Waals surface area contributed by atoms with E-state index in [1.165, 1.54) is 6.07 Å². The Hall–Kier alpha value is -1.95. The van der Waals surface area contributed by atoms with Gasteiger partial charge >= 0.3 is 6.18 Å². The van der Waals surface area contributed by atoms with Crippen LogP contribution in [0.1, 0.15) is 22.5 Å². The van der Waals surface area contributed by atoms with Crippen molar-refractivity contribution in [3.63, 3.8) is 0 Å². The summed E-state index contributed by atoms with van der Waals surface area (Å²) in [6.07, 6.45) is -3.51. The molecule has 3 nitrogen and oxygen atoms in total. The van der Waals surface area contributed by atoms with E-state index in [4.69, 9.17) is 0 Å². The first kappa shape index (κ1) is 14.0. The van der Waals surface area contributed by atoms with Crippen molar-refractivity contribution in [2.75, 3.05) is 6.54 Å². The second-order valence-corrected chi connectivity index (χ2v) is 5.06. The average Bonchev–Trinajstić information content (AvgIpc) is 2.46. The van der Waals surface area contributed by atoms with Crippen LogP contribution in [0.3, 0.4) is 0 Å². The zero-order valence-electron chi connectivity index (χ0n) is 11.5. The van der Waals surface area contributed by atoms with E-state index in [1.54, 1.807) is 6.07 Å². The Balaban J connectivity index is 2.07. The van der Waals surface area contributed by atoms with Crippen LogP contribution in [0.5, 0.6) is 0 Å². The van der Waals surface area contributed by atoms with Crippen LogP contribution in [0.15, 0.2) is 24.3 Å². The summed E-state index contributed by atoms with van der Waals surface area (Å²) >= 11 is 0. The lowest BCUT2D eigenvalue weighted by Crippen LogP contribution is -2.26. The number of nitrogens with one attached hydrogen (secondary N) is 1. The monoisotopic (exact) mass is 293 g/mol. The third-order valence-electron chi connectivity index (χ3n) is 3.59. The molecule has 1 aromatic carbocycles. The Morgan fingerprint density at radius 3 is 2.76 bits per heavy atom. The topological polar surface area (TPSA) is 37.8 Å². The highest BCUT2D eigenvalue weighted by atomic mass is 19.4. The molecule has 0 atom stereocenters. The third kappa shape index (κ3) is 2.76. The Bertz CT molecular complexity index is 680. The van der Waals surface area contributed by atoms with E-state index in [0.29, 0.717) is 17.9 Å². The third-order valence-corrected chi connectivity index (χ3v) is 3.59. The summed E-state index contributed by atoms with van der Waals surface area (Å²) in [5.41, 5.74) is 2.53. The first-order chi connectivity index (χ1) is 9.95. The van der Waals surface area contributed by atoms with E-state index in [2.05, 4.69) is 15.3 Å². The van der Waals surface area contributed by atoms with E-state index in [-0.39, 0.29) is 0 Å². The summed E-state index contributed by atoms with van der Waals surface area (Å²) < 4.78 is 38.4. The van der Waals surface area contributed by atoms with E-state index in [1.807, 2.05) is 6.92 Å². The van der Waals surface area contributed by atoms with Crippen molar-refractivity contribution in [3.05, 3.63) is 46.8 Å². The van der Waals surface area contributed by atoms with Gasteiger partial charge in [-0.25, -0.2) is 9.97 Å². The molecule has 6 heteroatoms. The maximum absolute atomic E-state index is 12.8. The standard InChI is InChI=1S/C15H14F3N3/c1-9-12-5-6-19-8-13(12)21-14(20-9)10-3-2-4-11(7-10)15(16,17)18/h2-4,7,19H,5-6,8H2,1H3. The summed E-state index contributed by atoms with van der Waals surface area (Å²) in [7, 11) is 0. The lowest BCUT2D eigenvalue weighted by atomic mass is 10.0. The summed E-state index contributed by atoms with van der Waals surface area (Å²) in [6.45, 7) is 3.38. The van der Waals surface area contributed by atoms with Gasteiger partial charge in [0, 0.05) is 17.8 Å². The minimum atomic E-state index is -4.36. The van der Waals surface area contributed by atoms with Crippen molar-refractivity contribution in [3.8, 4) is 11.4 Å². The molecule has 0 amide bonds. The molecule has 2 aromatic rings. The molecule has 0 aliphatic carbocycles. The molecule has 0 spiro atoms. The van der Waals surface area contributed by atoms with E-state index >= 15 is 0 Å². The molecule has 3 rings (SSSR count). The van der Waals surface area contributed by atoms with Crippen LogP contribution in [0.4, 0.5) is 13.2 Å².